The Labute approximate surface area is 145 Å². The van der Waals surface area contributed by atoms with Crippen molar-refractivity contribution < 1.29 is 9.85 Å². The van der Waals surface area contributed by atoms with E-state index in [9.17, 15) is 20.2 Å². The number of rotatable bonds is 6. The molecule has 0 heterocycles. The van der Waals surface area contributed by atoms with Crippen molar-refractivity contribution in [2.24, 2.45) is 0 Å². The Morgan fingerprint density at radius 3 is 1.40 bits per heavy atom. The predicted octanol–water partition coefficient (Wildman–Crippen LogP) is 3.23. The maximum absolute atomic E-state index is 11.4. The van der Waals surface area contributed by atoms with Gasteiger partial charge in [0, 0.05) is 69.2 Å². The minimum absolute atomic E-state index is 0.0443. The Hall–Kier alpha value is -3.16. The maximum Gasteiger partial charge on any atom is 0.274 e. The summed E-state index contributed by atoms with van der Waals surface area (Å²) in [5.41, 5.74) is 2.20. The van der Waals surface area contributed by atoms with Gasteiger partial charge in [-0.05, 0) is 24.3 Å². The summed E-state index contributed by atoms with van der Waals surface area (Å²) in [7, 11) is 7.18. The number of nitro groups is 2. The van der Waals surface area contributed by atoms with Crippen molar-refractivity contribution in [1.82, 2.24) is 0 Å². The van der Waals surface area contributed by atoms with Crippen LogP contribution < -0.4 is 9.80 Å². The van der Waals surface area contributed by atoms with Gasteiger partial charge in [0.1, 0.15) is 0 Å². The van der Waals surface area contributed by atoms with Gasteiger partial charge in [-0.25, -0.2) is 0 Å². The maximum atomic E-state index is 11.4. The summed E-state index contributed by atoms with van der Waals surface area (Å²) in [5.74, 6) is 0. The molecule has 2 aromatic rings. The zero-order valence-electron chi connectivity index (χ0n) is 14.6. The predicted molar refractivity (Wildman–Crippen MR) is 97.7 cm³/mol. The van der Waals surface area contributed by atoms with Crippen molar-refractivity contribution in [3.63, 3.8) is 0 Å². The molecular weight excluding hydrogens is 324 g/mol. The lowest BCUT2D eigenvalue weighted by Gasteiger charge is -2.14. The molecule has 0 spiro atoms. The van der Waals surface area contributed by atoms with E-state index in [2.05, 4.69) is 0 Å². The fourth-order valence-electron chi connectivity index (χ4n) is 2.50. The van der Waals surface area contributed by atoms with Crippen LogP contribution in [0.15, 0.2) is 36.4 Å². The van der Waals surface area contributed by atoms with E-state index in [1.807, 2.05) is 0 Å². The van der Waals surface area contributed by atoms with Gasteiger partial charge in [0.05, 0.1) is 9.85 Å². The number of nitro benzene ring substituents is 2. The lowest BCUT2D eigenvalue weighted by atomic mass is 10.0. The van der Waals surface area contributed by atoms with Crippen molar-refractivity contribution in [2.75, 3.05) is 38.0 Å². The van der Waals surface area contributed by atoms with Crippen LogP contribution >= 0.6 is 0 Å². The number of hydrogen-bond acceptors (Lipinski definition) is 6. The average Bonchev–Trinajstić information content (AvgIpc) is 2.54. The molecule has 0 saturated carbocycles. The summed E-state index contributed by atoms with van der Waals surface area (Å²) in [6.45, 7) is 0. The molecule has 0 aliphatic rings. The van der Waals surface area contributed by atoms with Crippen LogP contribution in [0.1, 0.15) is 11.1 Å². The van der Waals surface area contributed by atoms with Crippen molar-refractivity contribution in [3.05, 3.63) is 67.8 Å². The van der Waals surface area contributed by atoms with E-state index in [4.69, 9.17) is 0 Å². The zero-order chi connectivity index (χ0) is 18.7. The molecule has 0 aliphatic heterocycles. The van der Waals surface area contributed by atoms with E-state index in [1.165, 1.54) is 12.1 Å². The van der Waals surface area contributed by atoms with Gasteiger partial charge in [0.15, 0.2) is 0 Å². The third-order valence-corrected chi connectivity index (χ3v) is 3.94. The normalized spacial score (nSPS) is 10.4. The first-order valence-corrected chi connectivity index (χ1v) is 7.60. The second-order valence-corrected chi connectivity index (χ2v) is 6.11. The molecule has 0 saturated heterocycles. The van der Waals surface area contributed by atoms with Crippen LogP contribution in [-0.4, -0.2) is 38.0 Å². The molecule has 8 heteroatoms. The Balaban J connectivity index is 2.49. The van der Waals surface area contributed by atoms with Crippen LogP contribution in [0.5, 0.6) is 0 Å². The molecule has 2 rings (SSSR count). The van der Waals surface area contributed by atoms with Crippen LogP contribution in [-0.2, 0) is 6.42 Å². The third-order valence-electron chi connectivity index (χ3n) is 3.94. The van der Waals surface area contributed by atoms with E-state index in [0.29, 0.717) is 22.5 Å². The summed E-state index contributed by atoms with van der Waals surface area (Å²) in [5, 5.41) is 22.8. The van der Waals surface area contributed by atoms with E-state index in [-0.39, 0.29) is 17.8 Å². The fourth-order valence-corrected chi connectivity index (χ4v) is 2.50. The number of anilines is 2. The number of benzene rings is 2. The Morgan fingerprint density at radius 1 is 0.760 bits per heavy atom. The SMILES string of the molecule is CN(C)c1ccc(Cc2ccc(N(C)C)cc2[N+](=O)[O-])c([N+](=O)[O-])c1. The second kappa shape index (κ2) is 7.16. The Morgan fingerprint density at radius 2 is 1.12 bits per heavy atom. The van der Waals surface area contributed by atoms with Gasteiger partial charge in [0.2, 0.25) is 0 Å². The summed E-state index contributed by atoms with van der Waals surface area (Å²) in [4.78, 5) is 25.4. The summed E-state index contributed by atoms with van der Waals surface area (Å²) in [6.07, 6.45) is 0.119. The van der Waals surface area contributed by atoms with E-state index >= 15 is 0 Å². The standard InChI is InChI=1S/C17H20N4O4/c1-18(2)14-7-5-12(16(10-14)20(22)23)9-13-6-8-15(19(3)4)11-17(13)21(24)25/h5-8,10-11H,9H2,1-4H3. The number of nitrogens with zero attached hydrogens (tertiary/aromatic N) is 4. The molecule has 0 fully saturated rings. The van der Waals surface area contributed by atoms with Gasteiger partial charge in [-0.1, -0.05) is 0 Å². The first kappa shape index (κ1) is 18.2. The third kappa shape index (κ3) is 4.03. The Kier molecular flexibility index (Phi) is 5.21. The molecule has 8 nitrogen and oxygen atoms in total. The minimum Gasteiger partial charge on any atom is -0.377 e. The van der Waals surface area contributed by atoms with Crippen LogP contribution in [0.2, 0.25) is 0 Å². The lowest BCUT2D eigenvalue weighted by molar-refractivity contribution is -0.386. The van der Waals surface area contributed by atoms with Crippen molar-refractivity contribution in [3.8, 4) is 0 Å². The highest BCUT2D eigenvalue weighted by molar-refractivity contribution is 5.60. The second-order valence-electron chi connectivity index (χ2n) is 6.11. The molecule has 2 aromatic carbocycles. The van der Waals surface area contributed by atoms with Crippen molar-refractivity contribution >= 4 is 22.7 Å². The first-order chi connectivity index (χ1) is 11.7. The molecule has 132 valence electrons. The molecular formula is C17H20N4O4. The first-order valence-electron chi connectivity index (χ1n) is 7.60. The van der Waals surface area contributed by atoms with Crippen LogP contribution in [0.3, 0.4) is 0 Å². The summed E-state index contributed by atoms with van der Waals surface area (Å²) in [6, 6.07) is 9.80. The van der Waals surface area contributed by atoms with Crippen molar-refractivity contribution in [1.29, 1.82) is 0 Å². The van der Waals surface area contributed by atoms with Crippen LogP contribution in [0, 0.1) is 20.2 Å². The molecule has 0 unspecified atom stereocenters. The topological polar surface area (TPSA) is 92.8 Å². The van der Waals surface area contributed by atoms with E-state index in [0.717, 1.165) is 0 Å². The minimum atomic E-state index is -0.456. The van der Waals surface area contributed by atoms with Gasteiger partial charge >= 0.3 is 0 Å². The molecule has 0 bridgehead atoms. The highest BCUT2D eigenvalue weighted by atomic mass is 16.6. The monoisotopic (exact) mass is 344 g/mol. The molecule has 0 aliphatic carbocycles. The Bertz CT molecular complexity index is 751. The number of hydrogen-bond donors (Lipinski definition) is 0. The van der Waals surface area contributed by atoms with Gasteiger partial charge in [-0.15, -0.1) is 0 Å². The molecule has 0 radical (unpaired) electrons. The van der Waals surface area contributed by atoms with Gasteiger partial charge in [-0.2, -0.15) is 0 Å². The fraction of sp³-hybridized carbons (Fsp3) is 0.294. The average molecular weight is 344 g/mol. The van der Waals surface area contributed by atoms with Gasteiger partial charge in [0.25, 0.3) is 11.4 Å². The smallest absolute Gasteiger partial charge is 0.274 e. The largest absolute Gasteiger partial charge is 0.377 e. The highest BCUT2D eigenvalue weighted by Crippen LogP contribution is 2.31. The van der Waals surface area contributed by atoms with Crippen molar-refractivity contribution in [2.45, 2.75) is 6.42 Å². The molecule has 0 atom stereocenters. The van der Waals surface area contributed by atoms with Crippen LogP contribution in [0.4, 0.5) is 22.7 Å². The van der Waals surface area contributed by atoms with Crippen LogP contribution in [0.25, 0.3) is 0 Å². The molecule has 0 amide bonds. The molecule has 0 aromatic heterocycles. The van der Waals surface area contributed by atoms with E-state index in [1.54, 1.807) is 62.3 Å². The lowest BCUT2D eigenvalue weighted by Crippen LogP contribution is -2.10. The quantitative estimate of drug-likeness (QED) is 0.590. The summed E-state index contributed by atoms with van der Waals surface area (Å²) >= 11 is 0. The highest BCUT2D eigenvalue weighted by Gasteiger charge is 2.21. The van der Waals surface area contributed by atoms with Gasteiger partial charge < -0.3 is 9.80 Å². The molecule has 0 N–H and O–H groups in total. The zero-order valence-corrected chi connectivity index (χ0v) is 14.6. The van der Waals surface area contributed by atoms with Gasteiger partial charge in [-0.3, -0.25) is 20.2 Å². The molecule has 25 heavy (non-hydrogen) atoms. The summed E-state index contributed by atoms with van der Waals surface area (Å²) < 4.78 is 0. The van der Waals surface area contributed by atoms with E-state index < -0.39 is 9.85 Å².